The predicted molar refractivity (Wildman–Crippen MR) is 52.5 cm³/mol. The fourth-order valence-electron chi connectivity index (χ4n) is 1.38. The number of nitrogens with one attached hydrogen (secondary N) is 1. The second kappa shape index (κ2) is 5.34. The zero-order valence-corrected chi connectivity index (χ0v) is 9.19. The molecule has 0 radical (unpaired) electrons. The van der Waals surface area contributed by atoms with Crippen LogP contribution in [0.4, 0.5) is 4.79 Å². The highest BCUT2D eigenvalue weighted by atomic mass is 16.6. The van der Waals surface area contributed by atoms with Crippen molar-refractivity contribution in [2.45, 2.75) is 13.0 Å². The van der Waals surface area contributed by atoms with E-state index >= 15 is 0 Å². The third-order valence-corrected chi connectivity index (χ3v) is 2.11. The Bertz CT molecular complexity index is 304. The van der Waals surface area contributed by atoms with Gasteiger partial charge in [-0.1, -0.05) is 0 Å². The standard InChI is InChI=1S/C9H14N2O5/c1-6(12)10-7(8(13)15-2)5-11-3-4-16-9(11)14/h7H,3-5H2,1-2H3,(H,10,12). The number of carbonyl (C=O) groups is 3. The molecule has 0 aliphatic carbocycles. The SMILES string of the molecule is COC(=O)C(CN1CCOC1=O)NC(C)=O. The molecule has 16 heavy (non-hydrogen) atoms. The average Bonchev–Trinajstić information content (AvgIpc) is 2.61. The molecule has 90 valence electrons. The number of nitrogens with zero attached hydrogens (tertiary/aromatic N) is 1. The molecule has 1 aliphatic rings. The van der Waals surface area contributed by atoms with E-state index in [-0.39, 0.29) is 12.5 Å². The predicted octanol–water partition coefficient (Wildman–Crippen LogP) is -0.884. The highest BCUT2D eigenvalue weighted by Gasteiger charge is 2.29. The summed E-state index contributed by atoms with van der Waals surface area (Å²) in [6, 6.07) is -0.854. The maximum Gasteiger partial charge on any atom is 0.410 e. The molecule has 2 amide bonds. The van der Waals surface area contributed by atoms with Gasteiger partial charge in [0.25, 0.3) is 0 Å². The Morgan fingerprint density at radius 1 is 1.62 bits per heavy atom. The maximum atomic E-state index is 11.3. The van der Waals surface area contributed by atoms with Gasteiger partial charge in [-0.15, -0.1) is 0 Å². The molecule has 1 aliphatic heterocycles. The molecule has 0 aromatic rings. The number of hydrogen-bond donors (Lipinski definition) is 1. The van der Waals surface area contributed by atoms with Crippen LogP contribution in [0.2, 0.25) is 0 Å². The first-order valence-corrected chi connectivity index (χ1v) is 4.81. The van der Waals surface area contributed by atoms with Crippen LogP contribution >= 0.6 is 0 Å². The number of hydrogen-bond acceptors (Lipinski definition) is 5. The quantitative estimate of drug-likeness (QED) is 0.634. The second-order valence-electron chi connectivity index (χ2n) is 3.34. The van der Waals surface area contributed by atoms with E-state index in [9.17, 15) is 14.4 Å². The molecule has 1 saturated heterocycles. The van der Waals surface area contributed by atoms with Crippen molar-refractivity contribution in [3.63, 3.8) is 0 Å². The molecule has 1 heterocycles. The maximum absolute atomic E-state index is 11.3. The molecule has 1 N–H and O–H groups in total. The van der Waals surface area contributed by atoms with E-state index < -0.39 is 18.1 Å². The Morgan fingerprint density at radius 2 is 2.31 bits per heavy atom. The third kappa shape index (κ3) is 3.11. The molecular formula is C9H14N2O5. The van der Waals surface area contributed by atoms with Crippen LogP contribution in [-0.4, -0.2) is 55.7 Å². The zero-order chi connectivity index (χ0) is 12.1. The molecule has 0 spiro atoms. The van der Waals surface area contributed by atoms with Crippen molar-refractivity contribution in [3.05, 3.63) is 0 Å². The number of cyclic esters (lactones) is 1. The molecule has 1 fully saturated rings. The second-order valence-corrected chi connectivity index (χ2v) is 3.34. The van der Waals surface area contributed by atoms with E-state index in [0.717, 1.165) is 0 Å². The van der Waals surface area contributed by atoms with Crippen molar-refractivity contribution in [2.24, 2.45) is 0 Å². The lowest BCUT2D eigenvalue weighted by Gasteiger charge is -2.20. The van der Waals surface area contributed by atoms with Crippen molar-refractivity contribution in [3.8, 4) is 0 Å². The minimum absolute atomic E-state index is 0.0606. The lowest BCUT2D eigenvalue weighted by molar-refractivity contribution is -0.145. The van der Waals surface area contributed by atoms with Crippen LogP contribution in [-0.2, 0) is 19.1 Å². The Kier molecular flexibility index (Phi) is 4.10. The monoisotopic (exact) mass is 230 g/mol. The number of esters is 1. The molecule has 0 saturated carbocycles. The molecule has 1 atom stereocenters. The van der Waals surface area contributed by atoms with Crippen LogP contribution in [0.1, 0.15) is 6.92 Å². The van der Waals surface area contributed by atoms with E-state index in [0.29, 0.717) is 13.2 Å². The van der Waals surface area contributed by atoms with Crippen LogP contribution in [0.3, 0.4) is 0 Å². The van der Waals surface area contributed by atoms with E-state index in [1.54, 1.807) is 0 Å². The van der Waals surface area contributed by atoms with Crippen LogP contribution in [0.25, 0.3) is 0 Å². The number of amides is 2. The molecular weight excluding hydrogens is 216 g/mol. The first kappa shape index (κ1) is 12.3. The third-order valence-electron chi connectivity index (χ3n) is 2.11. The summed E-state index contributed by atoms with van der Waals surface area (Å²) in [5, 5.41) is 2.42. The van der Waals surface area contributed by atoms with Crippen molar-refractivity contribution >= 4 is 18.0 Å². The lowest BCUT2D eigenvalue weighted by Crippen LogP contribution is -2.48. The topological polar surface area (TPSA) is 84.9 Å². The summed E-state index contributed by atoms with van der Waals surface area (Å²) in [5.74, 6) is -0.946. The van der Waals surface area contributed by atoms with Gasteiger partial charge in [-0.25, -0.2) is 9.59 Å². The van der Waals surface area contributed by atoms with Gasteiger partial charge in [0.05, 0.1) is 20.2 Å². The van der Waals surface area contributed by atoms with E-state index in [4.69, 9.17) is 4.74 Å². The van der Waals surface area contributed by atoms with Gasteiger partial charge in [-0.3, -0.25) is 4.79 Å². The van der Waals surface area contributed by atoms with Gasteiger partial charge in [0, 0.05) is 6.92 Å². The van der Waals surface area contributed by atoms with Crippen LogP contribution in [0, 0.1) is 0 Å². The van der Waals surface area contributed by atoms with Gasteiger partial charge in [0.2, 0.25) is 5.91 Å². The van der Waals surface area contributed by atoms with Gasteiger partial charge < -0.3 is 19.7 Å². The van der Waals surface area contributed by atoms with Gasteiger partial charge >= 0.3 is 12.1 Å². The highest BCUT2D eigenvalue weighted by molar-refractivity contribution is 5.84. The zero-order valence-electron chi connectivity index (χ0n) is 9.19. The van der Waals surface area contributed by atoms with Crippen LogP contribution in [0.5, 0.6) is 0 Å². The molecule has 7 nitrogen and oxygen atoms in total. The molecule has 0 aromatic carbocycles. The van der Waals surface area contributed by atoms with Crippen molar-refractivity contribution in [1.82, 2.24) is 10.2 Å². The van der Waals surface area contributed by atoms with Gasteiger partial charge in [0.1, 0.15) is 12.6 Å². The fraction of sp³-hybridized carbons (Fsp3) is 0.667. The molecule has 1 rings (SSSR count). The highest BCUT2D eigenvalue weighted by Crippen LogP contribution is 2.04. The lowest BCUT2D eigenvalue weighted by atomic mass is 10.2. The summed E-state index contributed by atoms with van der Waals surface area (Å²) in [5.41, 5.74) is 0. The summed E-state index contributed by atoms with van der Waals surface area (Å²) in [7, 11) is 1.22. The average molecular weight is 230 g/mol. The molecule has 7 heteroatoms. The Labute approximate surface area is 92.7 Å². The van der Waals surface area contributed by atoms with Crippen molar-refractivity contribution in [2.75, 3.05) is 26.8 Å². The first-order chi connectivity index (χ1) is 7.54. The Balaban J connectivity index is 2.58. The van der Waals surface area contributed by atoms with E-state index in [2.05, 4.69) is 10.1 Å². The van der Waals surface area contributed by atoms with E-state index in [1.165, 1.54) is 18.9 Å². The number of rotatable bonds is 4. The minimum Gasteiger partial charge on any atom is -0.467 e. The first-order valence-electron chi connectivity index (χ1n) is 4.81. The van der Waals surface area contributed by atoms with Crippen LogP contribution < -0.4 is 5.32 Å². The molecule has 1 unspecified atom stereocenters. The van der Waals surface area contributed by atoms with Crippen molar-refractivity contribution < 1.29 is 23.9 Å². The summed E-state index contributed by atoms with van der Waals surface area (Å²) in [6.45, 7) is 2.06. The van der Waals surface area contributed by atoms with Gasteiger partial charge in [-0.2, -0.15) is 0 Å². The van der Waals surface area contributed by atoms with Crippen molar-refractivity contribution in [1.29, 1.82) is 0 Å². The largest absolute Gasteiger partial charge is 0.467 e. The normalized spacial score (nSPS) is 16.6. The smallest absolute Gasteiger partial charge is 0.410 e. The summed E-state index contributed by atoms with van der Waals surface area (Å²) in [6.07, 6.45) is -0.487. The summed E-state index contributed by atoms with van der Waals surface area (Å²) < 4.78 is 9.23. The number of carbonyl (C=O) groups excluding carboxylic acids is 3. The van der Waals surface area contributed by atoms with Gasteiger partial charge in [-0.05, 0) is 0 Å². The Hall–Kier alpha value is -1.79. The Morgan fingerprint density at radius 3 is 2.75 bits per heavy atom. The summed E-state index contributed by atoms with van der Waals surface area (Å²) in [4.78, 5) is 34.7. The number of ether oxygens (including phenoxy) is 2. The minimum atomic E-state index is -0.854. The summed E-state index contributed by atoms with van der Waals surface area (Å²) >= 11 is 0. The number of methoxy groups -OCH3 is 1. The molecule has 0 aromatic heterocycles. The molecule has 0 bridgehead atoms. The van der Waals surface area contributed by atoms with Gasteiger partial charge in [0.15, 0.2) is 0 Å². The fourth-order valence-corrected chi connectivity index (χ4v) is 1.38. The van der Waals surface area contributed by atoms with Crippen LogP contribution in [0.15, 0.2) is 0 Å². The van der Waals surface area contributed by atoms with E-state index in [1.807, 2.05) is 0 Å².